The van der Waals surface area contributed by atoms with Gasteiger partial charge in [0.25, 0.3) is 11.5 Å². The van der Waals surface area contributed by atoms with E-state index in [1.54, 1.807) is 18.2 Å². The zero-order valence-corrected chi connectivity index (χ0v) is 11.5. The van der Waals surface area contributed by atoms with Crippen molar-refractivity contribution in [2.24, 2.45) is 0 Å². The highest BCUT2D eigenvalue weighted by Crippen LogP contribution is 2.20. The van der Waals surface area contributed by atoms with Crippen LogP contribution in [0.25, 0.3) is 0 Å². The molecular formula is C12H10BrN3O3. The van der Waals surface area contributed by atoms with E-state index in [2.05, 4.69) is 26.2 Å². The van der Waals surface area contributed by atoms with Crippen LogP contribution in [0.3, 0.4) is 0 Å². The van der Waals surface area contributed by atoms with E-state index < -0.39 is 17.2 Å². The lowest BCUT2D eigenvalue weighted by atomic mass is 10.2. The number of amides is 1. The Balaban J connectivity index is 2.27. The van der Waals surface area contributed by atoms with Gasteiger partial charge >= 0.3 is 5.69 Å². The number of benzene rings is 1. The lowest BCUT2D eigenvalue weighted by molar-refractivity contribution is 0.102. The normalized spacial score (nSPS) is 10.2. The van der Waals surface area contributed by atoms with Crippen LogP contribution in [0.15, 0.2) is 38.3 Å². The van der Waals surface area contributed by atoms with E-state index in [9.17, 15) is 14.4 Å². The van der Waals surface area contributed by atoms with Gasteiger partial charge in [0.2, 0.25) is 0 Å². The summed E-state index contributed by atoms with van der Waals surface area (Å²) in [5.41, 5.74) is 0.101. The Morgan fingerprint density at radius 1 is 1.21 bits per heavy atom. The molecule has 6 nitrogen and oxygen atoms in total. The Hall–Kier alpha value is -2.15. The fraction of sp³-hybridized carbons (Fsp3) is 0.0833. The minimum absolute atomic E-state index is 0.0886. The van der Waals surface area contributed by atoms with Crippen molar-refractivity contribution >= 4 is 27.5 Å². The molecule has 0 aliphatic heterocycles. The van der Waals surface area contributed by atoms with Gasteiger partial charge in [-0.2, -0.15) is 0 Å². The predicted molar refractivity (Wildman–Crippen MR) is 74.5 cm³/mol. The monoisotopic (exact) mass is 323 g/mol. The van der Waals surface area contributed by atoms with Gasteiger partial charge in [0.05, 0.1) is 0 Å². The number of nitrogens with one attached hydrogen (secondary N) is 3. The summed E-state index contributed by atoms with van der Waals surface area (Å²) in [6.45, 7) is 1.88. The molecule has 3 N–H and O–H groups in total. The third-order valence-corrected chi connectivity index (χ3v) is 3.31. The van der Waals surface area contributed by atoms with Crippen LogP contribution in [-0.2, 0) is 0 Å². The van der Waals surface area contributed by atoms with Gasteiger partial charge in [-0.3, -0.25) is 14.6 Å². The lowest BCUT2D eigenvalue weighted by Crippen LogP contribution is -2.27. The molecule has 0 spiro atoms. The molecule has 1 heterocycles. The van der Waals surface area contributed by atoms with Crippen LogP contribution in [0, 0.1) is 6.92 Å². The van der Waals surface area contributed by atoms with E-state index >= 15 is 0 Å². The fourth-order valence-corrected chi connectivity index (χ4v) is 1.76. The largest absolute Gasteiger partial charge is 0.326 e. The highest BCUT2D eigenvalue weighted by molar-refractivity contribution is 9.10. The Morgan fingerprint density at radius 2 is 1.95 bits per heavy atom. The molecule has 19 heavy (non-hydrogen) atoms. The summed E-state index contributed by atoms with van der Waals surface area (Å²) < 4.78 is 0.926. The number of aromatic amines is 2. The molecule has 0 aliphatic rings. The number of rotatable bonds is 2. The Labute approximate surface area is 116 Å². The van der Waals surface area contributed by atoms with Gasteiger partial charge in [0.15, 0.2) is 0 Å². The third-order valence-electron chi connectivity index (χ3n) is 2.42. The molecule has 2 aromatic rings. The van der Waals surface area contributed by atoms with Gasteiger partial charge in [-0.05, 0) is 30.7 Å². The van der Waals surface area contributed by atoms with Crippen molar-refractivity contribution in [3.05, 3.63) is 60.8 Å². The van der Waals surface area contributed by atoms with Crippen molar-refractivity contribution in [2.45, 2.75) is 6.92 Å². The molecule has 0 saturated heterocycles. The van der Waals surface area contributed by atoms with Crippen LogP contribution in [-0.4, -0.2) is 15.9 Å². The van der Waals surface area contributed by atoms with Crippen molar-refractivity contribution in [3.8, 4) is 0 Å². The number of aryl methyl sites for hydroxylation is 1. The summed E-state index contributed by atoms with van der Waals surface area (Å²) in [6, 6.07) is 6.31. The summed E-state index contributed by atoms with van der Waals surface area (Å²) in [6.07, 6.45) is 0. The van der Waals surface area contributed by atoms with Gasteiger partial charge in [-0.15, -0.1) is 0 Å². The second kappa shape index (κ2) is 5.23. The molecule has 7 heteroatoms. The quantitative estimate of drug-likeness (QED) is 0.779. The molecule has 0 aliphatic carbocycles. The minimum atomic E-state index is -0.718. The average molecular weight is 324 g/mol. The standard InChI is InChI=1S/C12H10BrN3O3/c1-6-4-7(2-3-8(6)13)14-11(18)9-5-10(17)16-12(19)15-9/h2-5H,1H3,(H,14,18)(H2,15,16,17,19). The molecule has 1 aromatic carbocycles. The maximum absolute atomic E-state index is 11.9. The Bertz CT molecular complexity index is 720. The second-order valence-electron chi connectivity index (χ2n) is 3.92. The SMILES string of the molecule is Cc1cc(NC(=O)c2cc(=O)[nH]c(=O)[nH]2)ccc1Br. The van der Waals surface area contributed by atoms with Crippen LogP contribution in [0.5, 0.6) is 0 Å². The fourth-order valence-electron chi connectivity index (χ4n) is 1.51. The Morgan fingerprint density at radius 3 is 2.58 bits per heavy atom. The molecule has 2 rings (SSSR count). The number of hydrogen-bond donors (Lipinski definition) is 3. The van der Waals surface area contributed by atoms with Crippen molar-refractivity contribution in [1.29, 1.82) is 0 Å². The first kappa shape index (κ1) is 13.3. The molecule has 0 radical (unpaired) electrons. The van der Waals surface area contributed by atoms with Crippen molar-refractivity contribution in [3.63, 3.8) is 0 Å². The van der Waals surface area contributed by atoms with E-state index in [1.807, 2.05) is 11.9 Å². The van der Waals surface area contributed by atoms with Gasteiger partial charge in [0.1, 0.15) is 5.69 Å². The minimum Gasteiger partial charge on any atom is -0.321 e. The van der Waals surface area contributed by atoms with Crippen LogP contribution in [0.1, 0.15) is 16.1 Å². The van der Waals surface area contributed by atoms with E-state index in [4.69, 9.17) is 0 Å². The molecule has 0 saturated carbocycles. The van der Waals surface area contributed by atoms with Crippen molar-refractivity contribution < 1.29 is 4.79 Å². The number of hydrogen-bond acceptors (Lipinski definition) is 3. The number of anilines is 1. The van der Waals surface area contributed by atoms with Gasteiger partial charge < -0.3 is 10.3 Å². The van der Waals surface area contributed by atoms with Crippen molar-refractivity contribution in [1.82, 2.24) is 9.97 Å². The lowest BCUT2D eigenvalue weighted by Gasteiger charge is -2.06. The first-order valence-corrected chi connectivity index (χ1v) is 6.16. The summed E-state index contributed by atoms with van der Waals surface area (Å²) in [4.78, 5) is 38.3. The summed E-state index contributed by atoms with van der Waals surface area (Å²) in [7, 11) is 0. The van der Waals surface area contributed by atoms with Crippen LogP contribution in [0.2, 0.25) is 0 Å². The maximum Gasteiger partial charge on any atom is 0.326 e. The number of H-pyrrole nitrogens is 2. The van der Waals surface area contributed by atoms with Gasteiger partial charge in [0, 0.05) is 16.2 Å². The zero-order chi connectivity index (χ0) is 14.0. The van der Waals surface area contributed by atoms with Gasteiger partial charge in [-0.1, -0.05) is 15.9 Å². The van der Waals surface area contributed by atoms with E-state index in [0.717, 1.165) is 16.1 Å². The molecule has 0 unspecified atom stereocenters. The van der Waals surface area contributed by atoms with Gasteiger partial charge in [-0.25, -0.2) is 4.79 Å². The summed E-state index contributed by atoms with van der Waals surface area (Å²) >= 11 is 3.35. The Kier molecular flexibility index (Phi) is 3.66. The first-order chi connectivity index (χ1) is 8.95. The number of aromatic nitrogens is 2. The second-order valence-corrected chi connectivity index (χ2v) is 4.77. The van der Waals surface area contributed by atoms with E-state index in [-0.39, 0.29) is 5.69 Å². The summed E-state index contributed by atoms with van der Waals surface area (Å²) in [5, 5.41) is 2.60. The molecule has 98 valence electrons. The number of carbonyl (C=O) groups is 1. The highest BCUT2D eigenvalue weighted by atomic mass is 79.9. The van der Waals surface area contributed by atoms with Crippen LogP contribution in [0.4, 0.5) is 5.69 Å². The smallest absolute Gasteiger partial charge is 0.321 e. The van der Waals surface area contributed by atoms with Crippen molar-refractivity contribution in [2.75, 3.05) is 5.32 Å². The number of halogens is 1. The number of carbonyl (C=O) groups excluding carboxylic acids is 1. The highest BCUT2D eigenvalue weighted by Gasteiger charge is 2.08. The third kappa shape index (κ3) is 3.19. The average Bonchev–Trinajstić information content (AvgIpc) is 2.32. The molecule has 0 bridgehead atoms. The van der Waals surface area contributed by atoms with E-state index in [0.29, 0.717) is 5.69 Å². The molecule has 1 aromatic heterocycles. The maximum atomic E-state index is 11.9. The summed E-state index contributed by atoms with van der Waals surface area (Å²) in [5.74, 6) is -0.551. The topological polar surface area (TPSA) is 94.8 Å². The molecule has 1 amide bonds. The predicted octanol–water partition coefficient (Wildman–Crippen LogP) is 1.39. The van der Waals surface area contributed by atoms with Crippen LogP contribution < -0.4 is 16.6 Å². The molecule has 0 atom stereocenters. The zero-order valence-electron chi connectivity index (χ0n) is 9.91. The van der Waals surface area contributed by atoms with Crippen LogP contribution >= 0.6 is 15.9 Å². The molecular weight excluding hydrogens is 314 g/mol. The first-order valence-electron chi connectivity index (χ1n) is 5.37. The molecule has 0 fully saturated rings. The van der Waals surface area contributed by atoms with E-state index in [1.165, 1.54) is 0 Å².